The van der Waals surface area contributed by atoms with Crippen molar-refractivity contribution in [3.8, 4) is 5.75 Å². The van der Waals surface area contributed by atoms with Gasteiger partial charge in [0.05, 0.1) is 10.9 Å². The van der Waals surface area contributed by atoms with Crippen molar-refractivity contribution in [1.82, 2.24) is 5.32 Å². The zero-order valence-electron chi connectivity index (χ0n) is 10.4. The Labute approximate surface area is 126 Å². The van der Waals surface area contributed by atoms with Crippen LogP contribution in [0, 0.1) is 9.49 Å². The number of nitrogens with one attached hydrogen (secondary N) is 1. The number of phenolic OH excluding ortho intramolecular Hbond substituents is 1. The molecule has 1 amide bonds. The molecule has 2 N–H and O–H groups in total. The number of alkyl halides is 1. The molecule has 0 bridgehead atoms. The Morgan fingerprint density at radius 1 is 1.50 bits per heavy atom. The Hall–Kier alpha value is -0.490. The molecule has 0 aromatic heterocycles. The molecule has 100 valence electrons. The van der Waals surface area contributed by atoms with E-state index in [1.54, 1.807) is 12.1 Å². The Morgan fingerprint density at radius 2 is 2.17 bits per heavy atom. The molecule has 1 aromatic carbocycles. The van der Waals surface area contributed by atoms with Gasteiger partial charge in [0.1, 0.15) is 5.75 Å². The van der Waals surface area contributed by atoms with Crippen LogP contribution in [0.2, 0.25) is 0 Å². The third-order valence-corrected chi connectivity index (χ3v) is 3.42. The van der Waals surface area contributed by atoms with E-state index in [1.807, 2.05) is 0 Å². The number of benzene rings is 1. The third-order valence-electron chi connectivity index (χ3n) is 2.41. The number of carbonyl (C=O) groups excluding carboxylic acids is 1. The van der Waals surface area contributed by atoms with Gasteiger partial charge in [0, 0.05) is 10.1 Å². The number of rotatable bonds is 5. The first-order valence-electron chi connectivity index (χ1n) is 5.81. The van der Waals surface area contributed by atoms with E-state index in [4.69, 9.17) is 11.6 Å². The topological polar surface area (TPSA) is 49.3 Å². The van der Waals surface area contributed by atoms with Crippen molar-refractivity contribution >= 4 is 40.1 Å². The maximum Gasteiger partial charge on any atom is 0.255 e. The van der Waals surface area contributed by atoms with Crippen LogP contribution in [0.1, 0.15) is 30.6 Å². The summed E-state index contributed by atoms with van der Waals surface area (Å²) in [6.45, 7) is 4.58. The molecule has 0 radical (unpaired) electrons. The van der Waals surface area contributed by atoms with Crippen LogP contribution in [0.25, 0.3) is 0 Å². The molecule has 0 fully saturated rings. The fraction of sp³-hybridized carbons (Fsp3) is 0.462. The maximum atomic E-state index is 11.9. The predicted molar refractivity (Wildman–Crippen MR) is 82.3 cm³/mol. The lowest BCUT2D eigenvalue weighted by Crippen LogP contribution is -2.30. The second kappa shape index (κ2) is 7.19. The standard InChI is InChI=1S/C13H17ClINO2/c1-8(2)5-9(14)7-16-13(18)11-6-10(15)3-4-12(11)17/h3-4,6,8-9,17H,5,7H2,1-2H3,(H,16,18). The summed E-state index contributed by atoms with van der Waals surface area (Å²) in [5, 5.41) is 12.3. The Kier molecular flexibility index (Phi) is 6.21. The molecular weight excluding hydrogens is 365 g/mol. The number of hydrogen-bond acceptors (Lipinski definition) is 2. The van der Waals surface area contributed by atoms with Gasteiger partial charge in [0.15, 0.2) is 0 Å². The van der Waals surface area contributed by atoms with Crippen molar-refractivity contribution in [2.24, 2.45) is 5.92 Å². The molecule has 1 atom stereocenters. The number of phenols is 1. The smallest absolute Gasteiger partial charge is 0.255 e. The molecule has 18 heavy (non-hydrogen) atoms. The number of amides is 1. The number of hydrogen-bond donors (Lipinski definition) is 2. The summed E-state index contributed by atoms with van der Waals surface area (Å²) in [5.74, 6) is 0.193. The van der Waals surface area contributed by atoms with Gasteiger partial charge in [-0.3, -0.25) is 4.79 Å². The van der Waals surface area contributed by atoms with Gasteiger partial charge in [-0.05, 0) is 53.1 Å². The summed E-state index contributed by atoms with van der Waals surface area (Å²) in [4.78, 5) is 11.9. The van der Waals surface area contributed by atoms with Crippen molar-refractivity contribution in [1.29, 1.82) is 0 Å². The van der Waals surface area contributed by atoms with Crippen LogP contribution in [0.5, 0.6) is 5.75 Å². The molecule has 0 spiro atoms. The summed E-state index contributed by atoms with van der Waals surface area (Å²) < 4.78 is 0.903. The molecule has 0 saturated carbocycles. The highest BCUT2D eigenvalue weighted by Crippen LogP contribution is 2.19. The van der Waals surface area contributed by atoms with E-state index in [0.29, 0.717) is 12.5 Å². The molecule has 0 heterocycles. The van der Waals surface area contributed by atoms with Gasteiger partial charge in [-0.25, -0.2) is 0 Å². The summed E-state index contributed by atoms with van der Waals surface area (Å²) in [5.41, 5.74) is 0.287. The van der Waals surface area contributed by atoms with E-state index < -0.39 is 0 Å². The largest absolute Gasteiger partial charge is 0.507 e. The average molecular weight is 382 g/mol. The summed E-state index contributed by atoms with van der Waals surface area (Å²) >= 11 is 8.20. The lowest BCUT2D eigenvalue weighted by atomic mass is 10.1. The molecule has 0 aliphatic heterocycles. The first-order valence-corrected chi connectivity index (χ1v) is 7.32. The first kappa shape index (κ1) is 15.6. The first-order chi connectivity index (χ1) is 8.40. The highest BCUT2D eigenvalue weighted by atomic mass is 127. The van der Waals surface area contributed by atoms with Crippen LogP contribution in [-0.2, 0) is 0 Å². The van der Waals surface area contributed by atoms with Gasteiger partial charge in [0.25, 0.3) is 5.91 Å². The third kappa shape index (κ3) is 5.02. The molecular formula is C13H17ClINO2. The van der Waals surface area contributed by atoms with Gasteiger partial charge < -0.3 is 10.4 Å². The summed E-state index contributed by atoms with van der Waals surface area (Å²) in [6, 6.07) is 4.91. The number of halogens is 2. The Bertz CT molecular complexity index is 423. The summed E-state index contributed by atoms with van der Waals surface area (Å²) in [7, 11) is 0. The number of carbonyl (C=O) groups is 1. The van der Waals surface area contributed by atoms with Crippen LogP contribution in [-0.4, -0.2) is 22.9 Å². The minimum Gasteiger partial charge on any atom is -0.507 e. The van der Waals surface area contributed by atoms with E-state index in [1.165, 1.54) is 6.07 Å². The average Bonchev–Trinajstić information content (AvgIpc) is 2.28. The molecule has 1 aromatic rings. The van der Waals surface area contributed by atoms with Crippen LogP contribution in [0.15, 0.2) is 18.2 Å². The van der Waals surface area contributed by atoms with Gasteiger partial charge in [-0.15, -0.1) is 11.6 Å². The van der Waals surface area contributed by atoms with Crippen molar-refractivity contribution in [2.75, 3.05) is 6.54 Å². The van der Waals surface area contributed by atoms with Crippen LogP contribution < -0.4 is 5.32 Å². The number of aromatic hydroxyl groups is 1. The SMILES string of the molecule is CC(C)CC(Cl)CNC(=O)c1cc(I)ccc1O. The zero-order chi connectivity index (χ0) is 13.7. The van der Waals surface area contributed by atoms with E-state index >= 15 is 0 Å². The molecule has 0 aliphatic rings. The van der Waals surface area contributed by atoms with Crippen molar-refractivity contribution in [3.05, 3.63) is 27.3 Å². The van der Waals surface area contributed by atoms with Crippen LogP contribution in [0.4, 0.5) is 0 Å². The summed E-state index contributed by atoms with van der Waals surface area (Å²) in [6.07, 6.45) is 0.847. The molecule has 3 nitrogen and oxygen atoms in total. The lowest BCUT2D eigenvalue weighted by molar-refractivity contribution is 0.0950. The minimum absolute atomic E-state index is 0.0112. The highest BCUT2D eigenvalue weighted by molar-refractivity contribution is 14.1. The second-order valence-corrected chi connectivity index (χ2v) is 6.46. The molecule has 1 rings (SSSR count). The fourth-order valence-corrected chi connectivity index (χ4v) is 2.51. The lowest BCUT2D eigenvalue weighted by Gasteiger charge is -2.13. The molecule has 0 aliphatic carbocycles. The zero-order valence-corrected chi connectivity index (χ0v) is 13.3. The monoisotopic (exact) mass is 381 g/mol. The second-order valence-electron chi connectivity index (χ2n) is 4.60. The van der Waals surface area contributed by atoms with Gasteiger partial charge >= 0.3 is 0 Å². The van der Waals surface area contributed by atoms with Gasteiger partial charge in [-0.1, -0.05) is 13.8 Å². The van der Waals surface area contributed by atoms with E-state index in [2.05, 4.69) is 41.8 Å². The van der Waals surface area contributed by atoms with Crippen molar-refractivity contribution in [2.45, 2.75) is 25.6 Å². The van der Waals surface area contributed by atoms with E-state index in [-0.39, 0.29) is 22.6 Å². The molecule has 0 saturated heterocycles. The normalized spacial score (nSPS) is 12.5. The van der Waals surface area contributed by atoms with Crippen LogP contribution in [0.3, 0.4) is 0 Å². The molecule has 5 heteroatoms. The Morgan fingerprint density at radius 3 is 2.78 bits per heavy atom. The minimum atomic E-state index is -0.291. The maximum absolute atomic E-state index is 11.9. The fourth-order valence-electron chi connectivity index (χ4n) is 1.58. The Balaban J connectivity index is 2.58. The van der Waals surface area contributed by atoms with Gasteiger partial charge in [0.2, 0.25) is 0 Å². The predicted octanol–water partition coefficient (Wildman–Crippen LogP) is 3.38. The highest BCUT2D eigenvalue weighted by Gasteiger charge is 2.13. The van der Waals surface area contributed by atoms with Crippen LogP contribution >= 0.6 is 34.2 Å². The van der Waals surface area contributed by atoms with E-state index in [9.17, 15) is 9.90 Å². The van der Waals surface area contributed by atoms with Crippen molar-refractivity contribution < 1.29 is 9.90 Å². The quantitative estimate of drug-likeness (QED) is 0.607. The molecule has 1 unspecified atom stereocenters. The van der Waals surface area contributed by atoms with E-state index in [0.717, 1.165) is 9.99 Å². The van der Waals surface area contributed by atoms with Crippen molar-refractivity contribution in [3.63, 3.8) is 0 Å². The van der Waals surface area contributed by atoms with Gasteiger partial charge in [-0.2, -0.15) is 0 Å².